The molecular formula is C12H17N3O3. The molecule has 0 atom stereocenters. The fraction of sp³-hybridized carbons (Fsp3) is 0.333. The van der Waals surface area contributed by atoms with Crippen LogP contribution >= 0.6 is 0 Å². The minimum atomic E-state index is -0.345. The number of nitrogens with one attached hydrogen (secondary N) is 1. The highest BCUT2D eigenvalue weighted by Gasteiger charge is 2.05. The van der Waals surface area contributed by atoms with Crippen molar-refractivity contribution in [2.75, 3.05) is 5.32 Å². The molecule has 98 valence electrons. The average molecular weight is 251 g/mol. The summed E-state index contributed by atoms with van der Waals surface area (Å²) in [6, 6.07) is 6.97. The van der Waals surface area contributed by atoms with Crippen molar-refractivity contribution in [1.82, 2.24) is 0 Å². The second-order valence-electron chi connectivity index (χ2n) is 4.01. The molecule has 0 unspecified atom stereocenters. The van der Waals surface area contributed by atoms with Crippen molar-refractivity contribution in [3.05, 3.63) is 24.3 Å². The molecule has 6 heteroatoms. The molecule has 0 aliphatic heterocycles. The van der Waals surface area contributed by atoms with Gasteiger partial charge >= 0.3 is 0 Å². The molecule has 1 rings (SSSR count). The van der Waals surface area contributed by atoms with E-state index in [1.165, 1.54) is 0 Å². The van der Waals surface area contributed by atoms with E-state index in [4.69, 9.17) is 15.7 Å². The highest BCUT2D eigenvalue weighted by Crippen LogP contribution is 2.16. The van der Waals surface area contributed by atoms with Gasteiger partial charge in [-0.2, -0.15) is 0 Å². The summed E-state index contributed by atoms with van der Waals surface area (Å²) in [5, 5.41) is 13.7. The van der Waals surface area contributed by atoms with Crippen molar-refractivity contribution in [2.45, 2.75) is 26.4 Å². The number of ether oxygens (including phenoxy) is 1. The van der Waals surface area contributed by atoms with Crippen molar-refractivity contribution in [3.63, 3.8) is 0 Å². The smallest absolute Gasteiger partial charge is 0.232 e. The van der Waals surface area contributed by atoms with Gasteiger partial charge in [0.15, 0.2) is 0 Å². The number of anilines is 1. The second kappa shape index (κ2) is 6.48. The lowest BCUT2D eigenvalue weighted by molar-refractivity contribution is -0.115. The number of amides is 1. The number of amidine groups is 1. The van der Waals surface area contributed by atoms with Gasteiger partial charge in [0.1, 0.15) is 11.6 Å². The van der Waals surface area contributed by atoms with E-state index in [1.54, 1.807) is 24.3 Å². The second-order valence-corrected chi connectivity index (χ2v) is 4.01. The first-order valence-electron chi connectivity index (χ1n) is 5.54. The summed E-state index contributed by atoms with van der Waals surface area (Å²) >= 11 is 0. The van der Waals surface area contributed by atoms with Crippen LogP contribution in [0.5, 0.6) is 5.75 Å². The van der Waals surface area contributed by atoms with E-state index >= 15 is 0 Å². The van der Waals surface area contributed by atoms with Crippen LogP contribution in [-0.2, 0) is 4.79 Å². The third-order valence-electron chi connectivity index (χ3n) is 1.98. The molecule has 0 fully saturated rings. The van der Waals surface area contributed by atoms with Gasteiger partial charge in [0.2, 0.25) is 5.91 Å². The number of carbonyl (C=O) groups excluding carboxylic acids is 1. The summed E-state index contributed by atoms with van der Waals surface area (Å²) in [4.78, 5) is 11.4. The minimum absolute atomic E-state index is 0.103. The molecule has 0 saturated carbocycles. The van der Waals surface area contributed by atoms with Crippen LogP contribution < -0.4 is 15.8 Å². The maximum atomic E-state index is 11.4. The summed E-state index contributed by atoms with van der Waals surface area (Å²) in [5.41, 5.74) is 5.85. The zero-order valence-electron chi connectivity index (χ0n) is 10.4. The van der Waals surface area contributed by atoms with E-state index in [2.05, 4.69) is 10.5 Å². The summed E-state index contributed by atoms with van der Waals surface area (Å²) in [6.07, 6.45) is -0.0493. The van der Waals surface area contributed by atoms with Crippen molar-refractivity contribution in [3.8, 4) is 5.75 Å². The highest BCUT2D eigenvalue weighted by atomic mass is 16.5. The van der Waals surface area contributed by atoms with E-state index < -0.39 is 0 Å². The molecule has 0 saturated heterocycles. The van der Waals surface area contributed by atoms with Gasteiger partial charge in [0.05, 0.1) is 12.5 Å². The average Bonchev–Trinajstić information content (AvgIpc) is 2.30. The number of carbonyl (C=O) groups is 1. The van der Waals surface area contributed by atoms with Gasteiger partial charge in [-0.15, -0.1) is 0 Å². The third-order valence-corrected chi connectivity index (χ3v) is 1.98. The quantitative estimate of drug-likeness (QED) is 0.320. The summed E-state index contributed by atoms with van der Waals surface area (Å²) < 4.78 is 5.47. The van der Waals surface area contributed by atoms with Crippen molar-refractivity contribution in [2.24, 2.45) is 10.9 Å². The van der Waals surface area contributed by atoms with Crippen molar-refractivity contribution < 1.29 is 14.7 Å². The molecule has 1 aromatic carbocycles. The lowest BCUT2D eigenvalue weighted by atomic mass is 10.3. The number of rotatable bonds is 5. The number of nitrogens with two attached hydrogens (primary N) is 1. The molecule has 0 heterocycles. The molecule has 4 N–H and O–H groups in total. The third kappa shape index (κ3) is 4.73. The molecule has 0 aliphatic rings. The SMILES string of the molecule is CC(C)Oc1ccc(NC(=O)C/C(N)=N/O)cc1. The lowest BCUT2D eigenvalue weighted by Crippen LogP contribution is -2.21. The van der Waals surface area contributed by atoms with E-state index in [0.717, 1.165) is 5.75 Å². The summed E-state index contributed by atoms with van der Waals surface area (Å²) in [5.74, 6) is 0.259. The van der Waals surface area contributed by atoms with Crippen LogP contribution in [0.25, 0.3) is 0 Å². The Balaban J connectivity index is 2.55. The standard InChI is InChI=1S/C12H17N3O3/c1-8(2)18-10-5-3-9(4-6-10)14-12(16)7-11(13)15-17/h3-6,8,17H,7H2,1-2H3,(H2,13,15)(H,14,16). The Kier molecular flexibility index (Phi) is 4.98. The predicted octanol–water partition coefficient (Wildman–Crippen LogP) is 1.55. The first-order chi connectivity index (χ1) is 8.51. The Labute approximate surface area is 105 Å². The number of nitrogens with zero attached hydrogens (tertiary/aromatic N) is 1. The fourth-order valence-corrected chi connectivity index (χ4v) is 1.29. The van der Waals surface area contributed by atoms with Gasteiger partial charge in [-0.3, -0.25) is 4.79 Å². The molecule has 0 spiro atoms. The summed E-state index contributed by atoms with van der Waals surface area (Å²) in [6.45, 7) is 3.87. The van der Waals surface area contributed by atoms with Gasteiger partial charge in [-0.05, 0) is 38.1 Å². The molecule has 0 aliphatic carbocycles. The van der Waals surface area contributed by atoms with Gasteiger partial charge in [-0.1, -0.05) is 5.16 Å². The van der Waals surface area contributed by atoms with E-state index in [1.807, 2.05) is 13.8 Å². The van der Waals surface area contributed by atoms with Gasteiger partial charge < -0.3 is 21.0 Å². The molecule has 18 heavy (non-hydrogen) atoms. The van der Waals surface area contributed by atoms with Crippen LogP contribution in [0, 0.1) is 0 Å². The molecule has 0 aromatic heterocycles. The molecular weight excluding hydrogens is 234 g/mol. The molecule has 6 nitrogen and oxygen atoms in total. The Morgan fingerprint density at radius 3 is 2.56 bits per heavy atom. The highest BCUT2D eigenvalue weighted by molar-refractivity contribution is 6.04. The largest absolute Gasteiger partial charge is 0.491 e. The van der Waals surface area contributed by atoms with Crippen LogP contribution in [-0.4, -0.2) is 23.1 Å². The zero-order valence-corrected chi connectivity index (χ0v) is 10.4. The zero-order chi connectivity index (χ0) is 13.5. The van der Waals surface area contributed by atoms with E-state index in [-0.39, 0.29) is 24.3 Å². The number of hydrogen-bond donors (Lipinski definition) is 3. The molecule has 0 radical (unpaired) electrons. The normalized spacial score (nSPS) is 11.4. The van der Waals surface area contributed by atoms with Gasteiger partial charge in [0.25, 0.3) is 0 Å². The van der Waals surface area contributed by atoms with Crippen LogP contribution in [0.4, 0.5) is 5.69 Å². The summed E-state index contributed by atoms with van der Waals surface area (Å²) in [7, 11) is 0. The van der Waals surface area contributed by atoms with E-state index in [0.29, 0.717) is 5.69 Å². The minimum Gasteiger partial charge on any atom is -0.491 e. The Bertz CT molecular complexity index is 427. The number of benzene rings is 1. The first kappa shape index (κ1) is 13.8. The molecule has 0 bridgehead atoms. The van der Waals surface area contributed by atoms with Crippen LogP contribution in [0.15, 0.2) is 29.4 Å². The Morgan fingerprint density at radius 2 is 2.06 bits per heavy atom. The van der Waals surface area contributed by atoms with Crippen LogP contribution in [0.1, 0.15) is 20.3 Å². The maximum absolute atomic E-state index is 11.4. The Morgan fingerprint density at radius 1 is 1.44 bits per heavy atom. The van der Waals surface area contributed by atoms with Crippen LogP contribution in [0.2, 0.25) is 0 Å². The van der Waals surface area contributed by atoms with Crippen molar-refractivity contribution in [1.29, 1.82) is 0 Å². The van der Waals surface area contributed by atoms with Gasteiger partial charge in [-0.25, -0.2) is 0 Å². The molecule has 1 aromatic rings. The fourth-order valence-electron chi connectivity index (χ4n) is 1.29. The monoisotopic (exact) mass is 251 g/mol. The lowest BCUT2D eigenvalue weighted by Gasteiger charge is -2.10. The molecule has 1 amide bonds. The van der Waals surface area contributed by atoms with Crippen LogP contribution in [0.3, 0.4) is 0 Å². The van der Waals surface area contributed by atoms with Gasteiger partial charge in [0, 0.05) is 5.69 Å². The number of hydrogen-bond acceptors (Lipinski definition) is 4. The number of oxime groups is 1. The first-order valence-corrected chi connectivity index (χ1v) is 5.54. The maximum Gasteiger partial charge on any atom is 0.232 e. The Hall–Kier alpha value is -2.24. The van der Waals surface area contributed by atoms with Crippen molar-refractivity contribution >= 4 is 17.4 Å². The van der Waals surface area contributed by atoms with E-state index in [9.17, 15) is 4.79 Å². The predicted molar refractivity (Wildman–Crippen MR) is 68.9 cm³/mol. The topological polar surface area (TPSA) is 96.9 Å².